The lowest BCUT2D eigenvalue weighted by Gasteiger charge is -2.45. The summed E-state index contributed by atoms with van der Waals surface area (Å²) in [6.45, 7) is 23.1. The van der Waals surface area contributed by atoms with Crippen LogP contribution in [0.15, 0.2) is 0 Å². The molecule has 1 amide bonds. The Morgan fingerprint density at radius 1 is 0.564 bits per heavy atom. The number of phosphoric ester groups is 1. The number of ether oxygens (including phenoxy) is 2. The van der Waals surface area contributed by atoms with Crippen molar-refractivity contribution in [1.82, 2.24) is 5.32 Å². The van der Waals surface area contributed by atoms with Crippen LogP contribution in [0.25, 0.3) is 0 Å². The van der Waals surface area contributed by atoms with Gasteiger partial charge in [-0.15, -0.1) is 0 Å². The Hall–Kier alpha value is -2.56. The number of rotatable bonds is 52. The Balaban J connectivity index is -0.00000170. The van der Waals surface area contributed by atoms with E-state index < -0.39 is 36.0 Å². The Labute approximate surface area is 478 Å². The van der Waals surface area contributed by atoms with E-state index in [4.69, 9.17) is 23.6 Å². The Morgan fingerprint density at radius 2 is 0.962 bits per heavy atom. The van der Waals surface area contributed by atoms with Gasteiger partial charge in [-0.1, -0.05) is 235 Å². The summed E-state index contributed by atoms with van der Waals surface area (Å²) in [4.78, 5) is 56.7. The van der Waals surface area contributed by atoms with Crippen LogP contribution < -0.4 is 5.32 Å². The fourth-order valence-electron chi connectivity index (χ4n) is 9.16. The highest BCUT2D eigenvalue weighted by atomic mass is 31.2. The average molecular weight is 1130 g/mol. The number of hydrogen-bond donors (Lipinski definition) is 4. The van der Waals surface area contributed by atoms with E-state index in [1.165, 1.54) is 161 Å². The molecule has 0 heterocycles. The standard InChI is InChI=1S/C39H73N2O9P.C18H36O2.C6H14O/c1-8-9-10-11-12-13-14-15-16-17-18-19-20-21-22-24-35(43)48-28-23-29-49-51(46,47)50-30-27-41-34(42)25-26-38(6,32-40)37(4,5)31-39(7,33(2)3)36(44)45;1-2-3-4-5-6-7-8-9-10-11-12-13-14-15-16-17-18(19)20;1-4-7-5-6(2)3/h33H,8-31H2,1-7H3,(H,41,42)(H,44,45)(H,46,47);2-17H2,1H3,(H,19,20);6H,4-5H2,1-3H3. The molecule has 78 heavy (non-hydrogen) atoms. The Bertz CT molecular complexity index is 1540. The molecule has 462 valence electrons. The molecular weight excluding hydrogens is 1010 g/mol. The van der Waals surface area contributed by atoms with Gasteiger partial charge in [0.1, 0.15) is 0 Å². The molecular formula is C63H123N2O12P. The number of amides is 1. The van der Waals surface area contributed by atoms with Crippen molar-refractivity contribution in [2.45, 2.75) is 307 Å². The number of carboxylic acid groups (broad SMARTS) is 2. The third-order valence-corrected chi connectivity index (χ3v) is 16.3. The molecule has 0 spiro atoms. The van der Waals surface area contributed by atoms with E-state index in [0.717, 1.165) is 45.3 Å². The van der Waals surface area contributed by atoms with Gasteiger partial charge in [-0.3, -0.25) is 28.2 Å². The molecule has 0 rings (SSSR count). The van der Waals surface area contributed by atoms with Crippen molar-refractivity contribution in [3.8, 4) is 6.07 Å². The zero-order valence-corrected chi connectivity index (χ0v) is 53.2. The second kappa shape index (κ2) is 52.5. The maximum Gasteiger partial charge on any atom is 0.472 e. The van der Waals surface area contributed by atoms with Gasteiger partial charge in [0.2, 0.25) is 5.91 Å². The molecule has 0 fully saturated rings. The van der Waals surface area contributed by atoms with E-state index in [9.17, 15) is 39.0 Å². The van der Waals surface area contributed by atoms with Crippen LogP contribution in [0.2, 0.25) is 0 Å². The van der Waals surface area contributed by atoms with E-state index >= 15 is 0 Å². The Kier molecular flexibility index (Phi) is 53.6. The molecule has 0 aromatic carbocycles. The maximum absolute atomic E-state index is 12.5. The van der Waals surface area contributed by atoms with Crippen LogP contribution in [0.4, 0.5) is 0 Å². The zero-order valence-electron chi connectivity index (χ0n) is 52.3. The van der Waals surface area contributed by atoms with E-state index in [0.29, 0.717) is 18.8 Å². The molecule has 4 N–H and O–H groups in total. The molecule has 14 nitrogen and oxygen atoms in total. The predicted octanol–water partition coefficient (Wildman–Crippen LogP) is 17.9. The first-order valence-electron chi connectivity index (χ1n) is 31.5. The number of nitrogens with zero attached hydrogens (tertiary/aromatic N) is 1. The van der Waals surface area contributed by atoms with E-state index in [-0.39, 0.29) is 69.8 Å². The van der Waals surface area contributed by atoms with Crippen molar-refractivity contribution >= 4 is 31.6 Å². The van der Waals surface area contributed by atoms with Gasteiger partial charge in [-0.25, -0.2) is 4.57 Å². The summed E-state index contributed by atoms with van der Waals surface area (Å²) in [5, 5.41) is 31.0. The highest BCUT2D eigenvalue weighted by Gasteiger charge is 2.49. The topological polar surface area (TPSA) is 219 Å². The number of esters is 1. The van der Waals surface area contributed by atoms with Crippen LogP contribution in [0, 0.1) is 39.4 Å². The summed E-state index contributed by atoms with van der Waals surface area (Å²) >= 11 is 0. The molecule has 0 saturated carbocycles. The molecule has 15 heteroatoms. The van der Waals surface area contributed by atoms with Gasteiger partial charge in [0.15, 0.2) is 0 Å². The number of carbonyl (C=O) groups is 4. The number of phosphoric acid groups is 1. The number of carboxylic acids is 2. The van der Waals surface area contributed by atoms with Gasteiger partial charge in [0.25, 0.3) is 0 Å². The summed E-state index contributed by atoms with van der Waals surface area (Å²) in [6, 6.07) is 2.31. The second-order valence-electron chi connectivity index (χ2n) is 23.8. The summed E-state index contributed by atoms with van der Waals surface area (Å²) < 4.78 is 32.3. The quantitative estimate of drug-likeness (QED) is 0.0253. The van der Waals surface area contributed by atoms with Crippen molar-refractivity contribution < 1.29 is 57.4 Å². The molecule has 3 atom stereocenters. The lowest BCUT2D eigenvalue weighted by molar-refractivity contribution is -0.154. The average Bonchev–Trinajstić information content (AvgIpc) is 3.38. The minimum Gasteiger partial charge on any atom is -0.481 e. The number of unbranched alkanes of at least 4 members (excludes halogenated alkanes) is 28. The maximum atomic E-state index is 12.5. The summed E-state index contributed by atoms with van der Waals surface area (Å²) in [5.74, 6) is -1.68. The molecule has 0 aromatic rings. The number of aliphatic carboxylic acids is 2. The van der Waals surface area contributed by atoms with E-state index in [1.807, 2.05) is 34.6 Å². The van der Waals surface area contributed by atoms with Gasteiger partial charge >= 0.3 is 25.7 Å². The number of nitrogens with one attached hydrogen (secondary N) is 1. The van der Waals surface area contributed by atoms with E-state index in [2.05, 4.69) is 39.1 Å². The monoisotopic (exact) mass is 1130 g/mol. The van der Waals surface area contributed by atoms with Crippen LogP contribution in [0.1, 0.15) is 307 Å². The zero-order chi connectivity index (χ0) is 59.4. The minimum absolute atomic E-state index is 0.0183. The third-order valence-electron chi connectivity index (χ3n) is 15.3. The van der Waals surface area contributed by atoms with E-state index in [1.54, 1.807) is 13.8 Å². The molecule has 0 aromatic heterocycles. The van der Waals surface area contributed by atoms with Crippen LogP contribution in [0.5, 0.6) is 0 Å². The fourth-order valence-corrected chi connectivity index (χ4v) is 9.92. The first kappa shape index (κ1) is 79.7. The molecule has 0 aliphatic heterocycles. The van der Waals surface area contributed by atoms with Gasteiger partial charge in [0, 0.05) is 45.4 Å². The molecule has 0 saturated heterocycles. The Morgan fingerprint density at radius 3 is 1.31 bits per heavy atom. The normalized spacial score (nSPS) is 13.8. The van der Waals surface area contributed by atoms with Gasteiger partial charge in [-0.05, 0) is 63.7 Å². The first-order valence-corrected chi connectivity index (χ1v) is 33.0. The SMILES string of the molecule is CCCCCCCCCCCCCCCCCC(=O)O.CCCCCCCCCCCCCCCCCC(=O)OCCCOP(=O)(O)OCCNC(=O)CCC(C)(C#N)C(C)(C)CC(C)(C(=O)O)C(C)C.CCOCC(C)C. The van der Waals surface area contributed by atoms with Gasteiger partial charge in [0.05, 0.1) is 36.7 Å². The van der Waals surface area contributed by atoms with Gasteiger partial charge in [-0.2, -0.15) is 5.26 Å². The predicted molar refractivity (Wildman–Crippen MR) is 320 cm³/mol. The van der Waals surface area contributed by atoms with Gasteiger partial charge < -0.3 is 29.9 Å². The number of hydrogen-bond acceptors (Lipinski definition) is 10. The van der Waals surface area contributed by atoms with Crippen molar-refractivity contribution in [3.05, 3.63) is 0 Å². The van der Waals surface area contributed by atoms with Crippen LogP contribution in [-0.2, 0) is 42.3 Å². The molecule has 3 unspecified atom stereocenters. The number of carbonyl (C=O) groups excluding carboxylic acids is 2. The smallest absolute Gasteiger partial charge is 0.472 e. The number of nitriles is 1. The molecule has 0 bridgehead atoms. The molecule has 0 aliphatic rings. The summed E-state index contributed by atoms with van der Waals surface area (Å²) in [6.07, 6.45) is 40.2. The third kappa shape index (κ3) is 49.3. The molecule has 0 radical (unpaired) electrons. The fraction of sp³-hybridized carbons (Fsp3) is 0.921. The molecule has 0 aliphatic carbocycles. The summed E-state index contributed by atoms with van der Waals surface area (Å²) in [7, 11) is -4.35. The highest BCUT2D eigenvalue weighted by Crippen LogP contribution is 2.51. The van der Waals surface area contributed by atoms with Crippen molar-refractivity contribution in [2.24, 2.45) is 28.1 Å². The lowest BCUT2D eigenvalue weighted by Crippen LogP contribution is -2.44. The van der Waals surface area contributed by atoms with Crippen LogP contribution in [-0.4, -0.2) is 78.5 Å². The minimum atomic E-state index is -4.35. The van der Waals surface area contributed by atoms with Crippen molar-refractivity contribution in [2.75, 3.05) is 39.6 Å². The first-order chi connectivity index (χ1) is 37.0. The summed E-state index contributed by atoms with van der Waals surface area (Å²) in [5.41, 5.74) is -2.70. The van der Waals surface area contributed by atoms with Crippen molar-refractivity contribution in [1.29, 1.82) is 5.26 Å². The van der Waals surface area contributed by atoms with Crippen LogP contribution in [0.3, 0.4) is 0 Å². The highest BCUT2D eigenvalue weighted by molar-refractivity contribution is 7.47. The second-order valence-corrected chi connectivity index (χ2v) is 25.2. The largest absolute Gasteiger partial charge is 0.481 e. The lowest BCUT2D eigenvalue weighted by atomic mass is 9.57. The van der Waals surface area contributed by atoms with Crippen LogP contribution >= 0.6 is 7.82 Å². The van der Waals surface area contributed by atoms with Crippen molar-refractivity contribution in [3.63, 3.8) is 0 Å².